The molecule has 0 heterocycles. The third-order valence-corrected chi connectivity index (χ3v) is 3.76. The number of carboxylic acids is 1. The van der Waals surface area contributed by atoms with Crippen molar-refractivity contribution in [1.29, 1.82) is 0 Å². The molecule has 2 rings (SSSR count). The highest BCUT2D eigenvalue weighted by Crippen LogP contribution is 2.30. The van der Waals surface area contributed by atoms with E-state index in [1.54, 1.807) is 18.2 Å². The van der Waals surface area contributed by atoms with Crippen molar-refractivity contribution in [3.05, 3.63) is 69.2 Å². The van der Waals surface area contributed by atoms with Gasteiger partial charge in [0.05, 0.1) is 5.92 Å². The summed E-state index contributed by atoms with van der Waals surface area (Å²) >= 11 is 12.0. The number of hydrogen-bond acceptors (Lipinski definition) is 1. The molecule has 1 unspecified atom stereocenters. The van der Waals surface area contributed by atoms with E-state index in [1.165, 1.54) is 0 Å². The van der Waals surface area contributed by atoms with Crippen molar-refractivity contribution < 1.29 is 9.90 Å². The van der Waals surface area contributed by atoms with Crippen molar-refractivity contribution in [2.24, 2.45) is 0 Å². The molecule has 20 heavy (non-hydrogen) atoms. The molecule has 0 amide bonds. The van der Waals surface area contributed by atoms with Gasteiger partial charge in [-0.2, -0.15) is 0 Å². The molecule has 4 heteroatoms. The summed E-state index contributed by atoms with van der Waals surface area (Å²) in [6.07, 6.45) is 0.400. The van der Waals surface area contributed by atoms with E-state index in [4.69, 9.17) is 23.2 Å². The molecule has 0 aromatic heterocycles. The van der Waals surface area contributed by atoms with Gasteiger partial charge in [-0.1, -0.05) is 59.1 Å². The molecule has 0 fully saturated rings. The number of carboxylic acid groups (broad SMARTS) is 1. The molecule has 0 aliphatic rings. The summed E-state index contributed by atoms with van der Waals surface area (Å²) in [5.74, 6) is -1.57. The Morgan fingerprint density at radius 1 is 1.15 bits per heavy atom. The molecule has 2 nitrogen and oxygen atoms in total. The number of aryl methyl sites for hydroxylation is 1. The Balaban J connectivity index is 2.31. The second-order valence-electron chi connectivity index (χ2n) is 4.75. The van der Waals surface area contributed by atoms with Crippen LogP contribution in [0.4, 0.5) is 0 Å². The zero-order valence-electron chi connectivity index (χ0n) is 10.9. The highest BCUT2D eigenvalue weighted by Gasteiger charge is 2.22. The van der Waals surface area contributed by atoms with E-state index in [-0.39, 0.29) is 0 Å². The topological polar surface area (TPSA) is 37.3 Å². The highest BCUT2D eigenvalue weighted by molar-refractivity contribution is 6.35. The molecular weight excluding hydrogens is 295 g/mol. The first-order valence-corrected chi connectivity index (χ1v) is 6.96. The summed E-state index contributed by atoms with van der Waals surface area (Å²) in [5.41, 5.74) is 2.70. The minimum absolute atomic E-state index is 0.386. The van der Waals surface area contributed by atoms with Gasteiger partial charge in [0.25, 0.3) is 0 Å². The first-order valence-electron chi connectivity index (χ1n) is 6.20. The summed E-state index contributed by atoms with van der Waals surface area (Å²) in [6.45, 7) is 1.99. The van der Waals surface area contributed by atoms with Crippen LogP contribution >= 0.6 is 23.2 Å². The van der Waals surface area contributed by atoms with Crippen LogP contribution < -0.4 is 0 Å². The summed E-state index contributed by atoms with van der Waals surface area (Å²) in [4.78, 5) is 11.5. The second kappa shape index (κ2) is 6.29. The van der Waals surface area contributed by atoms with E-state index in [0.717, 1.165) is 11.1 Å². The van der Waals surface area contributed by atoms with Crippen molar-refractivity contribution in [3.8, 4) is 0 Å². The predicted octanol–water partition coefficient (Wildman–Crippen LogP) is 4.71. The van der Waals surface area contributed by atoms with Crippen LogP contribution in [0.3, 0.4) is 0 Å². The van der Waals surface area contributed by atoms with Gasteiger partial charge >= 0.3 is 5.97 Å². The van der Waals surface area contributed by atoms with E-state index >= 15 is 0 Å². The highest BCUT2D eigenvalue weighted by atomic mass is 35.5. The molecule has 0 spiro atoms. The monoisotopic (exact) mass is 308 g/mol. The Morgan fingerprint density at radius 2 is 1.80 bits per heavy atom. The fourth-order valence-corrected chi connectivity index (χ4v) is 2.61. The molecule has 1 atom stereocenters. The summed E-state index contributed by atoms with van der Waals surface area (Å²) in [6, 6.07) is 12.7. The van der Waals surface area contributed by atoms with Gasteiger partial charge in [0.2, 0.25) is 0 Å². The zero-order chi connectivity index (χ0) is 14.7. The number of halogens is 2. The molecule has 1 N–H and O–H groups in total. The molecule has 0 saturated carbocycles. The van der Waals surface area contributed by atoms with Gasteiger partial charge in [0, 0.05) is 10.0 Å². The standard InChI is InChI=1S/C16H14Cl2O2/c1-10-2-4-11(5-3-10)8-14(16(19)20)13-7-6-12(17)9-15(13)18/h2-7,9,14H,8H2,1H3,(H,19,20). The molecule has 2 aromatic carbocycles. The Bertz CT molecular complexity index is 621. The van der Waals surface area contributed by atoms with E-state index in [2.05, 4.69) is 0 Å². The molecule has 0 radical (unpaired) electrons. The number of hydrogen-bond donors (Lipinski definition) is 1. The van der Waals surface area contributed by atoms with Crippen molar-refractivity contribution >= 4 is 29.2 Å². The second-order valence-corrected chi connectivity index (χ2v) is 5.59. The number of benzene rings is 2. The van der Waals surface area contributed by atoms with Gasteiger partial charge in [0.15, 0.2) is 0 Å². The van der Waals surface area contributed by atoms with E-state index in [1.807, 2.05) is 31.2 Å². The SMILES string of the molecule is Cc1ccc(CC(C(=O)O)c2ccc(Cl)cc2Cl)cc1. The Labute approximate surface area is 128 Å². The third kappa shape index (κ3) is 3.53. The minimum Gasteiger partial charge on any atom is -0.481 e. The van der Waals surface area contributed by atoms with Gasteiger partial charge in [-0.3, -0.25) is 4.79 Å². The largest absolute Gasteiger partial charge is 0.481 e. The van der Waals surface area contributed by atoms with E-state index in [9.17, 15) is 9.90 Å². The normalized spacial score (nSPS) is 12.2. The predicted molar refractivity (Wildman–Crippen MR) is 81.7 cm³/mol. The van der Waals surface area contributed by atoms with Gasteiger partial charge < -0.3 is 5.11 Å². The van der Waals surface area contributed by atoms with Gasteiger partial charge in [-0.05, 0) is 36.6 Å². The van der Waals surface area contributed by atoms with E-state index < -0.39 is 11.9 Å². The smallest absolute Gasteiger partial charge is 0.311 e. The molecule has 0 aliphatic heterocycles. The molecule has 2 aromatic rings. The van der Waals surface area contributed by atoms with Crippen molar-refractivity contribution in [3.63, 3.8) is 0 Å². The van der Waals surface area contributed by atoms with E-state index in [0.29, 0.717) is 22.0 Å². The minimum atomic E-state index is -0.894. The van der Waals surface area contributed by atoms with Crippen LogP contribution in [-0.4, -0.2) is 11.1 Å². The third-order valence-electron chi connectivity index (χ3n) is 3.20. The number of aliphatic carboxylic acids is 1. The molecule has 0 saturated heterocycles. The van der Waals surface area contributed by atoms with Crippen molar-refractivity contribution in [2.75, 3.05) is 0 Å². The van der Waals surface area contributed by atoms with Crippen LogP contribution in [0.5, 0.6) is 0 Å². The van der Waals surface area contributed by atoms with Crippen LogP contribution in [0, 0.1) is 6.92 Å². The van der Waals surface area contributed by atoms with Crippen LogP contribution in [0.25, 0.3) is 0 Å². The maximum absolute atomic E-state index is 11.5. The molecule has 104 valence electrons. The van der Waals surface area contributed by atoms with Gasteiger partial charge in [0.1, 0.15) is 0 Å². The number of carbonyl (C=O) groups is 1. The summed E-state index contributed by atoms with van der Waals surface area (Å²) in [5, 5.41) is 10.3. The molecular formula is C16H14Cl2O2. The molecule has 0 aliphatic carbocycles. The lowest BCUT2D eigenvalue weighted by molar-refractivity contribution is -0.138. The quantitative estimate of drug-likeness (QED) is 0.888. The molecule has 0 bridgehead atoms. The Hall–Kier alpha value is -1.51. The average Bonchev–Trinajstić information content (AvgIpc) is 2.39. The summed E-state index contributed by atoms with van der Waals surface area (Å²) < 4.78 is 0. The zero-order valence-corrected chi connectivity index (χ0v) is 12.4. The Morgan fingerprint density at radius 3 is 2.35 bits per heavy atom. The van der Waals surface area contributed by atoms with Crippen LogP contribution in [0.1, 0.15) is 22.6 Å². The lowest BCUT2D eigenvalue weighted by atomic mass is 9.92. The first kappa shape index (κ1) is 14.9. The average molecular weight is 309 g/mol. The van der Waals surface area contributed by atoms with Crippen molar-refractivity contribution in [2.45, 2.75) is 19.3 Å². The maximum Gasteiger partial charge on any atom is 0.311 e. The van der Waals surface area contributed by atoms with Gasteiger partial charge in [-0.15, -0.1) is 0 Å². The lowest BCUT2D eigenvalue weighted by Gasteiger charge is -2.15. The lowest BCUT2D eigenvalue weighted by Crippen LogP contribution is -2.15. The number of rotatable bonds is 4. The fraction of sp³-hybridized carbons (Fsp3) is 0.188. The maximum atomic E-state index is 11.5. The van der Waals surface area contributed by atoms with Crippen LogP contribution in [0.15, 0.2) is 42.5 Å². The summed E-state index contributed by atoms with van der Waals surface area (Å²) in [7, 11) is 0. The Kier molecular flexibility index (Phi) is 4.69. The van der Waals surface area contributed by atoms with Crippen molar-refractivity contribution in [1.82, 2.24) is 0 Å². The first-order chi connectivity index (χ1) is 9.47. The van der Waals surface area contributed by atoms with Gasteiger partial charge in [-0.25, -0.2) is 0 Å². The van der Waals surface area contributed by atoms with Crippen LogP contribution in [-0.2, 0) is 11.2 Å². The fourth-order valence-electron chi connectivity index (χ4n) is 2.07. The van der Waals surface area contributed by atoms with Crippen LogP contribution in [0.2, 0.25) is 10.0 Å².